The average Bonchev–Trinajstić information content (AvgIpc) is 2.57. The summed E-state index contributed by atoms with van der Waals surface area (Å²) in [6.07, 6.45) is 0. The third kappa shape index (κ3) is 3.38. The minimum atomic E-state index is 0.655. The molecule has 0 aliphatic carbocycles. The Kier molecular flexibility index (Phi) is 5.03. The summed E-state index contributed by atoms with van der Waals surface area (Å²) in [6, 6.07) is 21.6. The van der Waals surface area contributed by atoms with Crippen LogP contribution in [0.3, 0.4) is 0 Å². The van der Waals surface area contributed by atoms with Crippen LogP contribution < -0.4 is 0 Å². The van der Waals surface area contributed by atoms with Crippen LogP contribution in [0, 0.1) is 13.8 Å². The van der Waals surface area contributed by atoms with Crippen LogP contribution in [-0.4, -0.2) is 5.71 Å². The molecular formula is C21H17Cl2N. The molecule has 0 bridgehead atoms. The molecule has 1 nitrogen and oxygen atoms in total. The standard InChI is InChI=1S/C21H17Cl2N/c1-14-8-7-9-15(2)20(14)24-21(16-10-3-5-12-18(16)22)17-11-4-6-13-19(17)23/h3-13H,1-2H3. The number of rotatable bonds is 3. The molecule has 0 unspecified atom stereocenters. The first-order valence-electron chi connectivity index (χ1n) is 7.72. The third-order valence-electron chi connectivity index (χ3n) is 3.92. The van der Waals surface area contributed by atoms with Crippen LogP contribution >= 0.6 is 23.2 Å². The van der Waals surface area contributed by atoms with Crippen LogP contribution in [0.4, 0.5) is 5.69 Å². The number of hydrogen-bond donors (Lipinski definition) is 0. The Balaban J connectivity index is 2.30. The van der Waals surface area contributed by atoms with Crippen molar-refractivity contribution in [2.75, 3.05) is 0 Å². The van der Waals surface area contributed by atoms with Gasteiger partial charge in [0.2, 0.25) is 0 Å². The molecule has 0 aromatic heterocycles. The lowest BCUT2D eigenvalue weighted by Crippen LogP contribution is -2.05. The fourth-order valence-electron chi connectivity index (χ4n) is 2.67. The molecule has 0 aliphatic heterocycles. The van der Waals surface area contributed by atoms with E-state index in [1.165, 1.54) is 0 Å². The minimum Gasteiger partial charge on any atom is -0.247 e. The van der Waals surface area contributed by atoms with Gasteiger partial charge in [-0.1, -0.05) is 77.8 Å². The number of benzene rings is 3. The fourth-order valence-corrected chi connectivity index (χ4v) is 3.12. The molecule has 3 heteroatoms. The summed E-state index contributed by atoms with van der Waals surface area (Å²) in [5, 5.41) is 1.31. The third-order valence-corrected chi connectivity index (χ3v) is 4.58. The minimum absolute atomic E-state index is 0.655. The summed E-state index contributed by atoms with van der Waals surface area (Å²) in [5.74, 6) is 0. The average molecular weight is 354 g/mol. The molecule has 0 radical (unpaired) electrons. The summed E-state index contributed by atoms with van der Waals surface area (Å²) < 4.78 is 0. The molecule has 0 heterocycles. The quantitative estimate of drug-likeness (QED) is 0.460. The number of halogens is 2. The van der Waals surface area contributed by atoms with Gasteiger partial charge in [-0.05, 0) is 37.1 Å². The van der Waals surface area contributed by atoms with E-state index in [1.807, 2.05) is 54.6 Å². The van der Waals surface area contributed by atoms with Crippen molar-refractivity contribution in [1.29, 1.82) is 0 Å². The van der Waals surface area contributed by atoms with Crippen LogP contribution in [0.15, 0.2) is 71.7 Å². The van der Waals surface area contributed by atoms with Gasteiger partial charge in [0.25, 0.3) is 0 Å². The number of para-hydroxylation sites is 1. The first-order valence-corrected chi connectivity index (χ1v) is 8.48. The van der Waals surface area contributed by atoms with Gasteiger partial charge < -0.3 is 0 Å². The second-order valence-electron chi connectivity index (χ2n) is 5.66. The Hall–Kier alpha value is -2.09. The van der Waals surface area contributed by atoms with Gasteiger partial charge in [0, 0.05) is 21.2 Å². The highest BCUT2D eigenvalue weighted by Crippen LogP contribution is 2.30. The van der Waals surface area contributed by atoms with E-state index < -0.39 is 0 Å². The Labute approximate surface area is 152 Å². The van der Waals surface area contributed by atoms with E-state index in [4.69, 9.17) is 28.2 Å². The first-order chi connectivity index (χ1) is 11.6. The Bertz CT molecular complexity index is 845. The first kappa shape index (κ1) is 16.8. The number of aryl methyl sites for hydroxylation is 2. The van der Waals surface area contributed by atoms with Gasteiger partial charge >= 0.3 is 0 Å². The number of hydrogen-bond acceptors (Lipinski definition) is 1. The molecule has 0 spiro atoms. The highest BCUT2D eigenvalue weighted by Gasteiger charge is 2.15. The molecule has 120 valence electrons. The summed E-state index contributed by atoms with van der Waals surface area (Å²) in [6.45, 7) is 4.12. The monoisotopic (exact) mass is 353 g/mol. The van der Waals surface area contributed by atoms with Gasteiger partial charge in [0.05, 0.1) is 11.4 Å². The smallest absolute Gasteiger partial charge is 0.0811 e. The molecule has 3 rings (SSSR count). The van der Waals surface area contributed by atoms with E-state index >= 15 is 0 Å². The van der Waals surface area contributed by atoms with E-state index in [0.29, 0.717) is 10.0 Å². The lowest BCUT2D eigenvalue weighted by molar-refractivity contribution is 1.32. The molecule has 3 aromatic carbocycles. The molecule has 24 heavy (non-hydrogen) atoms. The van der Waals surface area contributed by atoms with Gasteiger partial charge in [0.15, 0.2) is 0 Å². The van der Waals surface area contributed by atoms with Crippen molar-refractivity contribution in [3.8, 4) is 0 Å². The zero-order chi connectivity index (χ0) is 17.1. The SMILES string of the molecule is Cc1cccc(C)c1N=C(c1ccccc1Cl)c1ccccc1Cl. The van der Waals surface area contributed by atoms with Gasteiger partial charge in [-0.15, -0.1) is 0 Å². The van der Waals surface area contributed by atoms with Gasteiger partial charge in [-0.2, -0.15) is 0 Å². The Morgan fingerprint density at radius 1 is 0.667 bits per heavy atom. The molecule has 0 N–H and O–H groups in total. The molecule has 0 aliphatic rings. The Morgan fingerprint density at radius 3 is 1.58 bits per heavy atom. The summed E-state index contributed by atoms with van der Waals surface area (Å²) in [4.78, 5) is 4.97. The van der Waals surface area contributed by atoms with Crippen LogP contribution in [0.1, 0.15) is 22.3 Å². The molecular weight excluding hydrogens is 337 g/mol. The zero-order valence-corrected chi connectivity index (χ0v) is 15.1. The molecule has 0 amide bonds. The van der Waals surface area contributed by atoms with Crippen LogP contribution in [0.25, 0.3) is 0 Å². The molecule has 0 saturated carbocycles. The number of aliphatic imine (C=N–C) groups is 1. The van der Waals surface area contributed by atoms with Crippen molar-refractivity contribution < 1.29 is 0 Å². The van der Waals surface area contributed by atoms with Crippen molar-refractivity contribution in [3.63, 3.8) is 0 Å². The van der Waals surface area contributed by atoms with Gasteiger partial charge in [0.1, 0.15) is 0 Å². The topological polar surface area (TPSA) is 12.4 Å². The van der Waals surface area contributed by atoms with E-state index in [-0.39, 0.29) is 0 Å². The molecule has 0 atom stereocenters. The zero-order valence-electron chi connectivity index (χ0n) is 13.6. The lowest BCUT2D eigenvalue weighted by atomic mass is 10.0. The van der Waals surface area contributed by atoms with E-state index in [0.717, 1.165) is 33.7 Å². The number of nitrogens with zero attached hydrogens (tertiary/aromatic N) is 1. The summed E-state index contributed by atoms with van der Waals surface area (Å²) in [7, 11) is 0. The van der Waals surface area contributed by atoms with Crippen LogP contribution in [0.5, 0.6) is 0 Å². The van der Waals surface area contributed by atoms with Crippen LogP contribution in [-0.2, 0) is 0 Å². The Morgan fingerprint density at radius 2 is 1.12 bits per heavy atom. The van der Waals surface area contributed by atoms with Crippen molar-refractivity contribution in [3.05, 3.63) is 99.0 Å². The predicted molar refractivity (Wildman–Crippen MR) is 104 cm³/mol. The van der Waals surface area contributed by atoms with Crippen molar-refractivity contribution in [1.82, 2.24) is 0 Å². The van der Waals surface area contributed by atoms with E-state index in [1.54, 1.807) is 0 Å². The van der Waals surface area contributed by atoms with Gasteiger partial charge in [-0.3, -0.25) is 0 Å². The largest absolute Gasteiger partial charge is 0.247 e. The maximum Gasteiger partial charge on any atom is 0.0811 e. The summed E-state index contributed by atoms with van der Waals surface area (Å²) >= 11 is 12.9. The molecule has 3 aromatic rings. The highest BCUT2D eigenvalue weighted by atomic mass is 35.5. The van der Waals surface area contributed by atoms with E-state index in [9.17, 15) is 0 Å². The van der Waals surface area contributed by atoms with E-state index in [2.05, 4.69) is 26.0 Å². The fraction of sp³-hybridized carbons (Fsp3) is 0.0952. The predicted octanol–water partition coefficient (Wildman–Crippen LogP) is 6.78. The maximum absolute atomic E-state index is 6.44. The highest BCUT2D eigenvalue weighted by molar-refractivity contribution is 6.39. The van der Waals surface area contributed by atoms with Gasteiger partial charge in [-0.25, -0.2) is 4.99 Å². The lowest BCUT2D eigenvalue weighted by Gasteiger charge is -2.13. The molecule has 0 saturated heterocycles. The molecule has 0 fully saturated rings. The van der Waals surface area contributed by atoms with Crippen LogP contribution in [0.2, 0.25) is 10.0 Å². The van der Waals surface area contributed by atoms with Crippen molar-refractivity contribution in [2.24, 2.45) is 4.99 Å². The second kappa shape index (κ2) is 7.21. The maximum atomic E-state index is 6.44. The summed E-state index contributed by atoms with van der Waals surface area (Å²) in [5.41, 5.74) is 5.71. The van der Waals surface area contributed by atoms with Crippen molar-refractivity contribution in [2.45, 2.75) is 13.8 Å². The normalized spacial score (nSPS) is 10.5. The van der Waals surface area contributed by atoms with Crippen molar-refractivity contribution >= 4 is 34.6 Å². The second-order valence-corrected chi connectivity index (χ2v) is 6.47.